The van der Waals surface area contributed by atoms with Gasteiger partial charge >= 0.3 is 0 Å². The zero-order valence-electron chi connectivity index (χ0n) is 15.6. The van der Waals surface area contributed by atoms with Gasteiger partial charge in [-0.1, -0.05) is 41.6 Å². The van der Waals surface area contributed by atoms with Crippen molar-refractivity contribution in [1.82, 2.24) is 5.32 Å². The Morgan fingerprint density at radius 1 is 1.34 bits per heavy atom. The molecule has 1 aliphatic rings. The summed E-state index contributed by atoms with van der Waals surface area (Å²) in [6, 6.07) is 16.3. The molecule has 0 unspecified atom stereocenters. The van der Waals surface area contributed by atoms with Gasteiger partial charge in [0.1, 0.15) is 5.75 Å². The number of thioether (sulfide) groups is 1. The summed E-state index contributed by atoms with van der Waals surface area (Å²) < 4.78 is 5.14. The van der Waals surface area contributed by atoms with Gasteiger partial charge in [-0.15, -0.1) is 0 Å². The molecule has 0 aliphatic carbocycles. The van der Waals surface area contributed by atoms with Crippen molar-refractivity contribution in [2.24, 2.45) is 0 Å². The summed E-state index contributed by atoms with van der Waals surface area (Å²) >= 11 is 7.06. The van der Waals surface area contributed by atoms with Gasteiger partial charge in [0.25, 0.3) is 0 Å². The molecule has 1 aliphatic heterocycles. The second-order valence-electron chi connectivity index (χ2n) is 6.28. The molecule has 2 amide bonds. The normalized spacial score (nSPS) is 16.0. The SMILES string of the molecule is COc1cccc(NC(=O)CSC2=C(C#N)[C@@H](c3ccc(Cl)cc3)CC(=O)N2)c1. The van der Waals surface area contributed by atoms with E-state index in [1.165, 1.54) is 0 Å². The van der Waals surface area contributed by atoms with Crippen LogP contribution in [0.1, 0.15) is 17.9 Å². The van der Waals surface area contributed by atoms with Crippen molar-refractivity contribution in [3.8, 4) is 11.8 Å². The van der Waals surface area contributed by atoms with Gasteiger partial charge in [0.15, 0.2) is 0 Å². The highest BCUT2D eigenvalue weighted by molar-refractivity contribution is 8.03. The Labute approximate surface area is 177 Å². The van der Waals surface area contributed by atoms with E-state index in [1.54, 1.807) is 55.6 Å². The number of halogens is 1. The summed E-state index contributed by atoms with van der Waals surface area (Å²) in [6.07, 6.45) is 0.171. The first-order valence-corrected chi connectivity index (χ1v) is 10.1. The number of hydrogen-bond donors (Lipinski definition) is 2. The Hall–Kier alpha value is -2.95. The summed E-state index contributed by atoms with van der Waals surface area (Å²) in [5.74, 6) is -0.133. The third-order valence-electron chi connectivity index (χ3n) is 4.33. The second kappa shape index (κ2) is 9.50. The molecule has 6 nitrogen and oxygen atoms in total. The maximum atomic E-state index is 12.3. The summed E-state index contributed by atoms with van der Waals surface area (Å²) in [5, 5.41) is 16.2. The van der Waals surface area contributed by atoms with Crippen LogP contribution in [-0.4, -0.2) is 24.7 Å². The molecule has 0 aromatic heterocycles. The molecule has 2 aromatic carbocycles. The molecule has 1 heterocycles. The van der Waals surface area contributed by atoms with Crippen LogP contribution in [0.25, 0.3) is 0 Å². The number of benzene rings is 2. The summed E-state index contributed by atoms with van der Waals surface area (Å²) in [7, 11) is 1.55. The Kier molecular flexibility index (Phi) is 6.81. The number of amides is 2. The van der Waals surface area contributed by atoms with E-state index in [4.69, 9.17) is 16.3 Å². The molecular formula is C21H18ClN3O3S. The lowest BCUT2D eigenvalue weighted by Gasteiger charge is -2.25. The van der Waals surface area contributed by atoms with Crippen LogP contribution in [0.5, 0.6) is 5.75 Å². The molecule has 8 heteroatoms. The Morgan fingerprint density at radius 3 is 2.79 bits per heavy atom. The first-order chi connectivity index (χ1) is 14.0. The minimum atomic E-state index is -0.366. The first kappa shape index (κ1) is 20.8. The molecule has 148 valence electrons. The van der Waals surface area contributed by atoms with Crippen molar-refractivity contribution >= 4 is 40.9 Å². The molecule has 0 radical (unpaired) electrons. The number of carbonyl (C=O) groups is 2. The van der Waals surface area contributed by atoms with Crippen molar-refractivity contribution in [2.45, 2.75) is 12.3 Å². The third-order valence-corrected chi connectivity index (χ3v) is 5.60. The van der Waals surface area contributed by atoms with Crippen molar-refractivity contribution in [3.05, 3.63) is 69.7 Å². The van der Waals surface area contributed by atoms with Gasteiger partial charge in [0.2, 0.25) is 11.8 Å². The van der Waals surface area contributed by atoms with E-state index in [-0.39, 0.29) is 29.9 Å². The molecule has 3 rings (SSSR count). The molecule has 0 saturated carbocycles. The molecule has 0 spiro atoms. The highest BCUT2D eigenvalue weighted by atomic mass is 35.5. The van der Waals surface area contributed by atoms with Crippen LogP contribution in [0, 0.1) is 11.3 Å². The molecule has 2 N–H and O–H groups in total. The fourth-order valence-electron chi connectivity index (χ4n) is 2.95. The number of nitriles is 1. The molecule has 1 atom stereocenters. The number of rotatable bonds is 6. The highest BCUT2D eigenvalue weighted by Gasteiger charge is 2.29. The lowest BCUT2D eigenvalue weighted by atomic mass is 9.87. The standard InChI is InChI=1S/C21H18ClN3O3S/c1-28-16-4-2-3-15(9-16)24-20(27)12-29-21-18(11-23)17(10-19(26)25-21)13-5-7-14(22)8-6-13/h2-9,17H,10,12H2,1H3,(H,24,27)(H,25,26)/t17-/m1/s1. The summed E-state index contributed by atoms with van der Waals surface area (Å²) in [5.41, 5.74) is 1.88. The van der Waals surface area contributed by atoms with Crippen LogP contribution >= 0.6 is 23.4 Å². The number of carbonyl (C=O) groups excluding carboxylic acids is 2. The third kappa shape index (κ3) is 5.31. The lowest BCUT2D eigenvalue weighted by molar-refractivity contribution is -0.121. The molecule has 0 saturated heterocycles. The maximum Gasteiger partial charge on any atom is 0.234 e. The van der Waals surface area contributed by atoms with E-state index < -0.39 is 0 Å². The first-order valence-electron chi connectivity index (χ1n) is 8.76. The Morgan fingerprint density at radius 2 is 2.10 bits per heavy atom. The monoisotopic (exact) mass is 427 g/mol. The highest BCUT2D eigenvalue weighted by Crippen LogP contribution is 2.36. The number of hydrogen-bond acceptors (Lipinski definition) is 5. The van der Waals surface area contributed by atoms with Gasteiger partial charge in [0, 0.05) is 29.1 Å². The van der Waals surface area contributed by atoms with E-state index in [0.29, 0.717) is 27.1 Å². The van der Waals surface area contributed by atoms with Crippen molar-refractivity contribution in [1.29, 1.82) is 5.26 Å². The van der Waals surface area contributed by atoms with Crippen LogP contribution in [-0.2, 0) is 9.59 Å². The topological polar surface area (TPSA) is 91.2 Å². The average Bonchev–Trinajstić information content (AvgIpc) is 2.72. The number of allylic oxidation sites excluding steroid dienone is 1. The van der Waals surface area contributed by atoms with Crippen LogP contribution in [0.3, 0.4) is 0 Å². The van der Waals surface area contributed by atoms with E-state index in [0.717, 1.165) is 17.3 Å². The van der Waals surface area contributed by atoms with Gasteiger partial charge in [0.05, 0.1) is 29.5 Å². The van der Waals surface area contributed by atoms with Crippen LogP contribution in [0.15, 0.2) is 59.1 Å². The quantitative estimate of drug-likeness (QED) is 0.725. The molecule has 0 bridgehead atoms. The summed E-state index contributed by atoms with van der Waals surface area (Å²) in [6.45, 7) is 0. The predicted octanol–water partition coefficient (Wildman–Crippen LogP) is 4.06. The number of anilines is 1. The van der Waals surface area contributed by atoms with Crippen LogP contribution in [0.4, 0.5) is 5.69 Å². The minimum Gasteiger partial charge on any atom is -0.497 e. The van der Waals surface area contributed by atoms with Crippen molar-refractivity contribution in [2.75, 3.05) is 18.2 Å². The lowest BCUT2D eigenvalue weighted by Crippen LogP contribution is -2.31. The number of ether oxygens (including phenoxy) is 1. The maximum absolute atomic E-state index is 12.3. The molecule has 0 fully saturated rings. The zero-order chi connectivity index (χ0) is 20.8. The number of nitrogens with one attached hydrogen (secondary N) is 2. The molecule has 29 heavy (non-hydrogen) atoms. The van der Waals surface area contributed by atoms with Crippen LogP contribution < -0.4 is 15.4 Å². The van der Waals surface area contributed by atoms with E-state index in [1.807, 2.05) is 0 Å². The van der Waals surface area contributed by atoms with Crippen LogP contribution in [0.2, 0.25) is 5.02 Å². The van der Waals surface area contributed by atoms with Gasteiger partial charge in [-0.3, -0.25) is 9.59 Å². The zero-order valence-corrected chi connectivity index (χ0v) is 17.1. The molecular weight excluding hydrogens is 410 g/mol. The summed E-state index contributed by atoms with van der Waals surface area (Å²) in [4.78, 5) is 24.5. The fraction of sp³-hybridized carbons (Fsp3) is 0.190. The minimum absolute atomic E-state index is 0.0470. The van der Waals surface area contributed by atoms with E-state index in [9.17, 15) is 14.9 Å². The smallest absolute Gasteiger partial charge is 0.234 e. The van der Waals surface area contributed by atoms with Gasteiger partial charge in [-0.25, -0.2) is 0 Å². The Balaban J connectivity index is 1.73. The van der Waals surface area contributed by atoms with E-state index >= 15 is 0 Å². The van der Waals surface area contributed by atoms with Gasteiger partial charge < -0.3 is 15.4 Å². The number of methoxy groups -OCH3 is 1. The fourth-order valence-corrected chi connectivity index (χ4v) is 3.95. The number of nitrogens with zero attached hydrogens (tertiary/aromatic N) is 1. The van der Waals surface area contributed by atoms with Gasteiger partial charge in [-0.2, -0.15) is 5.26 Å². The second-order valence-corrected chi connectivity index (χ2v) is 7.70. The molecule has 2 aromatic rings. The van der Waals surface area contributed by atoms with Gasteiger partial charge in [-0.05, 0) is 29.8 Å². The van der Waals surface area contributed by atoms with Crippen molar-refractivity contribution in [3.63, 3.8) is 0 Å². The van der Waals surface area contributed by atoms with Crippen molar-refractivity contribution < 1.29 is 14.3 Å². The average molecular weight is 428 g/mol. The van der Waals surface area contributed by atoms with E-state index in [2.05, 4.69) is 16.7 Å². The predicted molar refractivity (Wildman–Crippen MR) is 114 cm³/mol. The largest absolute Gasteiger partial charge is 0.497 e. The Bertz CT molecular complexity index is 999.